The number of rotatable bonds is 4. The molecule has 1 aromatic heterocycles. The summed E-state index contributed by atoms with van der Waals surface area (Å²) >= 11 is 0. The average molecular weight is 365 g/mol. The Morgan fingerprint density at radius 1 is 1.00 bits per heavy atom. The molecule has 0 unspecified atom stereocenters. The van der Waals surface area contributed by atoms with Gasteiger partial charge in [-0.15, -0.1) is 0 Å². The van der Waals surface area contributed by atoms with E-state index in [1.807, 2.05) is 4.98 Å². The van der Waals surface area contributed by atoms with Gasteiger partial charge in [-0.05, 0) is 30.3 Å². The van der Waals surface area contributed by atoms with Gasteiger partial charge < -0.3 is 10.3 Å². The molecule has 9 heteroatoms. The van der Waals surface area contributed by atoms with Crippen molar-refractivity contribution in [3.63, 3.8) is 0 Å². The van der Waals surface area contributed by atoms with E-state index in [0.717, 1.165) is 11.2 Å². The summed E-state index contributed by atoms with van der Waals surface area (Å²) in [7, 11) is 0. The van der Waals surface area contributed by atoms with Crippen LogP contribution in [0.5, 0.6) is 0 Å². The minimum atomic E-state index is -0.819. The third-order valence-corrected chi connectivity index (χ3v) is 3.68. The highest BCUT2D eigenvalue weighted by Gasteiger charge is 2.16. The Morgan fingerprint density at radius 3 is 2.44 bits per heavy atom. The summed E-state index contributed by atoms with van der Waals surface area (Å²) in [5, 5.41) is 3.49. The molecule has 3 aromatic rings. The first-order chi connectivity index (χ1) is 13.0. The molecule has 3 rings (SSSR count). The van der Waals surface area contributed by atoms with Crippen LogP contribution >= 0.6 is 0 Å². The number of anilines is 2. The Kier molecular flexibility index (Phi) is 4.95. The lowest BCUT2D eigenvalue weighted by molar-refractivity contribution is 0.0984. The summed E-state index contributed by atoms with van der Waals surface area (Å²) in [6, 6.07) is 14.8. The van der Waals surface area contributed by atoms with Crippen molar-refractivity contribution >= 4 is 23.2 Å². The van der Waals surface area contributed by atoms with Crippen LogP contribution in [0.3, 0.4) is 0 Å². The van der Waals surface area contributed by atoms with Crippen LogP contribution in [0.25, 0.3) is 0 Å². The van der Waals surface area contributed by atoms with Crippen molar-refractivity contribution < 1.29 is 9.59 Å². The molecule has 0 fully saturated rings. The van der Waals surface area contributed by atoms with E-state index in [0.29, 0.717) is 5.69 Å². The van der Waals surface area contributed by atoms with Crippen LogP contribution in [0.15, 0.2) is 70.4 Å². The van der Waals surface area contributed by atoms with Gasteiger partial charge in [-0.25, -0.2) is 15.6 Å². The van der Waals surface area contributed by atoms with Gasteiger partial charge in [0.2, 0.25) is 0 Å². The van der Waals surface area contributed by atoms with E-state index in [9.17, 15) is 19.2 Å². The summed E-state index contributed by atoms with van der Waals surface area (Å²) < 4.78 is 0. The number of carbonyl (C=O) groups excluding carboxylic acids is 2. The number of aromatic nitrogens is 2. The monoisotopic (exact) mass is 365 g/mol. The molecule has 9 nitrogen and oxygen atoms in total. The van der Waals surface area contributed by atoms with Crippen LogP contribution < -0.4 is 27.4 Å². The summed E-state index contributed by atoms with van der Waals surface area (Å²) in [6.07, 6.45) is 1.02. The van der Waals surface area contributed by atoms with Gasteiger partial charge in [0.15, 0.2) is 0 Å². The smallest absolute Gasteiger partial charge is 0.322 e. The molecule has 0 atom stereocenters. The first kappa shape index (κ1) is 17.8. The maximum atomic E-state index is 12.5. The zero-order valence-corrected chi connectivity index (χ0v) is 13.9. The molecule has 0 saturated carbocycles. The van der Waals surface area contributed by atoms with Crippen LogP contribution in [-0.4, -0.2) is 21.8 Å². The largest absolute Gasteiger partial charge is 0.325 e. The quantitative estimate of drug-likeness (QED) is 0.308. The summed E-state index contributed by atoms with van der Waals surface area (Å²) in [6.45, 7) is 0. The van der Waals surface area contributed by atoms with Crippen molar-refractivity contribution in [2.45, 2.75) is 0 Å². The Labute approximate surface area is 152 Å². The Balaban J connectivity index is 1.81. The van der Waals surface area contributed by atoms with Gasteiger partial charge in [0.1, 0.15) is 5.56 Å². The lowest BCUT2D eigenvalue weighted by atomic mass is 10.1. The van der Waals surface area contributed by atoms with Crippen molar-refractivity contribution in [2.75, 3.05) is 10.3 Å². The maximum Gasteiger partial charge on any atom is 0.325 e. The topological polar surface area (TPSA) is 141 Å². The van der Waals surface area contributed by atoms with Crippen LogP contribution in [0.1, 0.15) is 20.7 Å². The van der Waals surface area contributed by atoms with Crippen molar-refractivity contribution in [2.24, 2.45) is 5.84 Å². The van der Waals surface area contributed by atoms with E-state index >= 15 is 0 Å². The van der Waals surface area contributed by atoms with E-state index in [4.69, 9.17) is 5.84 Å². The number of hydrazine groups is 1. The summed E-state index contributed by atoms with van der Waals surface area (Å²) in [5.41, 5.74) is -0.756. The first-order valence-electron chi connectivity index (χ1n) is 7.83. The highest BCUT2D eigenvalue weighted by Crippen LogP contribution is 2.16. The van der Waals surface area contributed by atoms with Gasteiger partial charge in [-0.1, -0.05) is 24.3 Å². The molecule has 0 bridgehead atoms. The number of nitrogens with one attached hydrogen (secondary N) is 3. The summed E-state index contributed by atoms with van der Waals surface area (Å²) in [5.74, 6) is 4.66. The van der Waals surface area contributed by atoms with Gasteiger partial charge in [0, 0.05) is 17.4 Å². The van der Waals surface area contributed by atoms with Crippen LogP contribution in [-0.2, 0) is 0 Å². The van der Waals surface area contributed by atoms with Gasteiger partial charge >= 0.3 is 5.69 Å². The molecule has 0 spiro atoms. The Morgan fingerprint density at radius 2 is 1.74 bits per heavy atom. The average Bonchev–Trinajstić information content (AvgIpc) is 2.67. The number of amides is 2. The lowest BCUT2D eigenvalue weighted by Crippen LogP contribution is -2.37. The Bertz CT molecular complexity index is 1100. The Hall–Kier alpha value is -3.98. The van der Waals surface area contributed by atoms with E-state index in [1.165, 1.54) is 6.07 Å². The predicted molar refractivity (Wildman–Crippen MR) is 99.5 cm³/mol. The van der Waals surface area contributed by atoms with E-state index < -0.39 is 23.1 Å². The van der Waals surface area contributed by atoms with Gasteiger partial charge in [0.25, 0.3) is 17.4 Å². The normalized spacial score (nSPS) is 10.3. The zero-order valence-electron chi connectivity index (χ0n) is 13.9. The molecule has 5 N–H and O–H groups in total. The zero-order chi connectivity index (χ0) is 19.4. The number of hydrogen-bond donors (Lipinski definition) is 4. The second kappa shape index (κ2) is 7.50. The molecule has 2 aromatic carbocycles. The summed E-state index contributed by atoms with van der Waals surface area (Å²) in [4.78, 5) is 51.6. The molecular weight excluding hydrogens is 350 g/mol. The molecule has 2 amide bonds. The van der Waals surface area contributed by atoms with Crippen molar-refractivity contribution in [1.29, 1.82) is 0 Å². The van der Waals surface area contributed by atoms with Crippen molar-refractivity contribution in [3.8, 4) is 0 Å². The van der Waals surface area contributed by atoms with Crippen LogP contribution in [0.2, 0.25) is 0 Å². The number of nitrogens with zero attached hydrogens (tertiary/aromatic N) is 1. The van der Waals surface area contributed by atoms with Gasteiger partial charge in [0.05, 0.1) is 5.69 Å². The predicted octanol–water partition coefficient (Wildman–Crippen LogP) is 0.836. The van der Waals surface area contributed by atoms with Crippen LogP contribution in [0.4, 0.5) is 11.4 Å². The maximum absolute atomic E-state index is 12.5. The number of para-hydroxylation sites is 1. The SMILES string of the molecule is NN(C(=O)c1cccc(NC(=O)c2c[nH]c(=O)[nH]c2=O)c1)c1ccccc1. The highest BCUT2D eigenvalue weighted by molar-refractivity contribution is 6.07. The van der Waals surface area contributed by atoms with Gasteiger partial charge in [-0.3, -0.25) is 19.4 Å². The number of carbonyl (C=O) groups is 2. The van der Waals surface area contributed by atoms with Crippen LogP contribution in [0, 0.1) is 0 Å². The van der Waals surface area contributed by atoms with Crippen molar-refractivity contribution in [3.05, 3.63) is 92.8 Å². The standard InChI is InChI=1S/C18H15N5O4/c19-23(13-7-2-1-3-8-13)17(26)11-5-4-6-12(9-11)21-15(24)14-10-20-18(27)22-16(14)25/h1-10H,19H2,(H,21,24)(H2,20,22,25,27). The highest BCUT2D eigenvalue weighted by atomic mass is 16.2. The van der Waals surface area contributed by atoms with Gasteiger partial charge in [-0.2, -0.15) is 0 Å². The number of hydrogen-bond acceptors (Lipinski definition) is 5. The fourth-order valence-electron chi connectivity index (χ4n) is 2.35. The lowest BCUT2D eigenvalue weighted by Gasteiger charge is -2.17. The minimum absolute atomic E-state index is 0.245. The molecule has 27 heavy (non-hydrogen) atoms. The van der Waals surface area contributed by atoms with E-state index in [-0.39, 0.29) is 16.8 Å². The van der Waals surface area contributed by atoms with E-state index in [2.05, 4.69) is 10.3 Å². The number of H-pyrrole nitrogens is 2. The molecular formula is C18H15N5O4. The molecule has 0 aliphatic heterocycles. The van der Waals surface area contributed by atoms with Crippen molar-refractivity contribution in [1.82, 2.24) is 9.97 Å². The second-order valence-corrected chi connectivity index (χ2v) is 5.53. The first-order valence-corrected chi connectivity index (χ1v) is 7.83. The number of aromatic amines is 2. The molecule has 1 heterocycles. The third kappa shape index (κ3) is 3.99. The molecule has 0 saturated heterocycles. The molecule has 136 valence electrons. The molecule has 0 radical (unpaired) electrons. The number of nitrogens with two attached hydrogens (primary N) is 1. The number of benzene rings is 2. The fourth-order valence-corrected chi connectivity index (χ4v) is 2.35. The fraction of sp³-hybridized carbons (Fsp3) is 0. The van der Waals surface area contributed by atoms with E-state index in [1.54, 1.807) is 48.5 Å². The molecule has 0 aliphatic carbocycles. The molecule has 0 aliphatic rings. The second-order valence-electron chi connectivity index (χ2n) is 5.53. The third-order valence-electron chi connectivity index (χ3n) is 3.68. The minimum Gasteiger partial charge on any atom is -0.322 e.